The molecule has 0 aromatic carbocycles. The van der Waals surface area contributed by atoms with Gasteiger partial charge in [0.2, 0.25) is 0 Å². The summed E-state index contributed by atoms with van der Waals surface area (Å²) in [6, 6.07) is 0.189. The minimum atomic E-state index is 0.189. The number of H-pyrrole nitrogens is 1. The van der Waals surface area contributed by atoms with E-state index in [-0.39, 0.29) is 6.04 Å². The highest BCUT2D eigenvalue weighted by atomic mass is 15.2. The molecule has 0 fully saturated rings. The second-order valence-electron chi connectivity index (χ2n) is 4.30. The number of rotatable bonds is 2. The predicted molar refractivity (Wildman–Crippen MR) is 56.0 cm³/mol. The molecule has 0 spiro atoms. The Bertz CT molecular complexity index is 316. The maximum absolute atomic E-state index is 5.78. The summed E-state index contributed by atoms with van der Waals surface area (Å²) in [4.78, 5) is 2.32. The average Bonchev–Trinajstić information content (AvgIpc) is 2.47. The molecule has 1 aromatic rings. The van der Waals surface area contributed by atoms with Crippen LogP contribution in [0.2, 0.25) is 0 Å². The van der Waals surface area contributed by atoms with Gasteiger partial charge >= 0.3 is 0 Å². The third-order valence-corrected chi connectivity index (χ3v) is 2.73. The number of nitrogens with one attached hydrogen (secondary N) is 1. The fourth-order valence-corrected chi connectivity index (χ4v) is 1.96. The zero-order valence-electron chi connectivity index (χ0n) is 8.88. The highest BCUT2D eigenvalue weighted by Gasteiger charge is 2.19. The largest absolute Gasteiger partial charge is 0.328 e. The van der Waals surface area contributed by atoms with Crippen molar-refractivity contribution in [2.75, 3.05) is 13.6 Å². The lowest BCUT2D eigenvalue weighted by Crippen LogP contribution is -2.27. The molecule has 1 aliphatic heterocycles. The van der Waals surface area contributed by atoms with Crippen LogP contribution in [0.3, 0.4) is 0 Å². The van der Waals surface area contributed by atoms with Gasteiger partial charge in [-0.05, 0) is 14.0 Å². The van der Waals surface area contributed by atoms with Gasteiger partial charge in [0.15, 0.2) is 0 Å². The van der Waals surface area contributed by atoms with Gasteiger partial charge in [0.25, 0.3) is 0 Å². The van der Waals surface area contributed by atoms with E-state index in [1.165, 1.54) is 11.3 Å². The molecule has 2 rings (SSSR count). The molecule has 3 N–H and O–H groups in total. The van der Waals surface area contributed by atoms with Crippen LogP contribution in [-0.4, -0.2) is 34.7 Å². The zero-order chi connectivity index (χ0) is 10.1. The predicted octanol–water partition coefficient (Wildman–Crippen LogP) is 0.287. The SMILES string of the molecule is CC(N)Cc1n[nH]c2c1CN(C)CC2. The lowest BCUT2D eigenvalue weighted by Gasteiger charge is -2.22. The van der Waals surface area contributed by atoms with Gasteiger partial charge < -0.3 is 10.6 Å². The lowest BCUT2D eigenvalue weighted by atomic mass is 10.0. The molecule has 1 unspecified atom stereocenters. The number of hydrogen-bond acceptors (Lipinski definition) is 3. The molecule has 0 amide bonds. The first kappa shape index (κ1) is 9.68. The Balaban J connectivity index is 2.22. The summed E-state index contributed by atoms with van der Waals surface area (Å²) in [7, 11) is 2.14. The summed E-state index contributed by atoms with van der Waals surface area (Å²) in [5.41, 5.74) is 9.61. The van der Waals surface area contributed by atoms with E-state index in [1.807, 2.05) is 6.92 Å². The van der Waals surface area contributed by atoms with Gasteiger partial charge in [-0.15, -0.1) is 0 Å². The van der Waals surface area contributed by atoms with Crippen molar-refractivity contribution >= 4 is 0 Å². The van der Waals surface area contributed by atoms with Crippen molar-refractivity contribution in [3.8, 4) is 0 Å². The van der Waals surface area contributed by atoms with Gasteiger partial charge in [0.05, 0.1) is 5.69 Å². The third-order valence-electron chi connectivity index (χ3n) is 2.73. The summed E-state index contributed by atoms with van der Waals surface area (Å²) in [6.07, 6.45) is 1.96. The molecule has 14 heavy (non-hydrogen) atoms. The number of nitrogens with two attached hydrogens (primary N) is 1. The summed E-state index contributed by atoms with van der Waals surface area (Å²) < 4.78 is 0. The van der Waals surface area contributed by atoms with E-state index >= 15 is 0 Å². The zero-order valence-corrected chi connectivity index (χ0v) is 8.88. The van der Waals surface area contributed by atoms with Gasteiger partial charge in [-0.2, -0.15) is 5.10 Å². The molecule has 4 heteroatoms. The number of fused-ring (bicyclic) bond motifs is 1. The molecule has 78 valence electrons. The highest BCUT2D eigenvalue weighted by molar-refractivity contribution is 5.28. The Kier molecular flexibility index (Phi) is 2.56. The van der Waals surface area contributed by atoms with Crippen molar-refractivity contribution in [3.05, 3.63) is 17.0 Å². The van der Waals surface area contributed by atoms with E-state index < -0.39 is 0 Å². The van der Waals surface area contributed by atoms with E-state index in [2.05, 4.69) is 22.1 Å². The first-order chi connectivity index (χ1) is 6.66. The Morgan fingerprint density at radius 2 is 2.43 bits per heavy atom. The fourth-order valence-electron chi connectivity index (χ4n) is 1.96. The van der Waals surface area contributed by atoms with Gasteiger partial charge in [-0.3, -0.25) is 5.10 Å². The molecule has 0 saturated heterocycles. The second kappa shape index (κ2) is 3.71. The van der Waals surface area contributed by atoms with Gasteiger partial charge in [-0.1, -0.05) is 0 Å². The third kappa shape index (κ3) is 1.81. The quantitative estimate of drug-likeness (QED) is 0.711. The molecule has 2 heterocycles. The number of hydrogen-bond donors (Lipinski definition) is 2. The number of aromatic amines is 1. The van der Waals surface area contributed by atoms with Gasteiger partial charge in [0.1, 0.15) is 0 Å². The van der Waals surface area contributed by atoms with Crippen LogP contribution < -0.4 is 5.73 Å². The monoisotopic (exact) mass is 194 g/mol. The van der Waals surface area contributed by atoms with Gasteiger partial charge in [0, 0.05) is 43.2 Å². The maximum atomic E-state index is 5.78. The Morgan fingerprint density at radius 3 is 3.14 bits per heavy atom. The molecule has 1 aliphatic rings. The average molecular weight is 194 g/mol. The molecule has 1 atom stereocenters. The van der Waals surface area contributed by atoms with Crippen LogP contribution in [0.15, 0.2) is 0 Å². The molecule has 0 saturated carbocycles. The number of likely N-dealkylation sites (N-methyl/N-ethyl adjacent to an activating group) is 1. The van der Waals surface area contributed by atoms with Crippen molar-refractivity contribution in [2.45, 2.75) is 32.4 Å². The normalized spacial score (nSPS) is 19.4. The minimum absolute atomic E-state index is 0.189. The van der Waals surface area contributed by atoms with Crippen LogP contribution in [-0.2, 0) is 19.4 Å². The van der Waals surface area contributed by atoms with Crippen LogP contribution in [0, 0.1) is 0 Å². The van der Waals surface area contributed by atoms with E-state index in [9.17, 15) is 0 Å². The molecular formula is C10H18N4. The molecule has 1 aromatic heterocycles. The summed E-state index contributed by atoms with van der Waals surface area (Å²) >= 11 is 0. The maximum Gasteiger partial charge on any atom is 0.0685 e. The second-order valence-corrected chi connectivity index (χ2v) is 4.30. The van der Waals surface area contributed by atoms with E-state index in [0.29, 0.717) is 0 Å². The van der Waals surface area contributed by atoms with Gasteiger partial charge in [-0.25, -0.2) is 0 Å². The van der Waals surface area contributed by atoms with Crippen LogP contribution in [0.1, 0.15) is 23.9 Å². The molecule has 0 bridgehead atoms. The van der Waals surface area contributed by atoms with E-state index in [1.54, 1.807) is 0 Å². The molecule has 0 aliphatic carbocycles. The number of nitrogens with zero attached hydrogens (tertiary/aromatic N) is 2. The van der Waals surface area contributed by atoms with E-state index in [4.69, 9.17) is 5.73 Å². The lowest BCUT2D eigenvalue weighted by molar-refractivity contribution is 0.310. The number of aromatic nitrogens is 2. The molecule has 4 nitrogen and oxygen atoms in total. The van der Waals surface area contributed by atoms with Crippen LogP contribution in [0.4, 0.5) is 0 Å². The van der Waals surface area contributed by atoms with Crippen molar-refractivity contribution < 1.29 is 0 Å². The Morgan fingerprint density at radius 1 is 1.64 bits per heavy atom. The topological polar surface area (TPSA) is 57.9 Å². The summed E-state index contributed by atoms with van der Waals surface area (Å²) in [5.74, 6) is 0. The van der Waals surface area contributed by atoms with Crippen molar-refractivity contribution in [3.63, 3.8) is 0 Å². The first-order valence-electron chi connectivity index (χ1n) is 5.16. The molecular weight excluding hydrogens is 176 g/mol. The smallest absolute Gasteiger partial charge is 0.0685 e. The van der Waals surface area contributed by atoms with Crippen LogP contribution >= 0.6 is 0 Å². The van der Waals surface area contributed by atoms with Crippen molar-refractivity contribution in [1.29, 1.82) is 0 Å². The fraction of sp³-hybridized carbons (Fsp3) is 0.700. The van der Waals surface area contributed by atoms with Crippen molar-refractivity contribution in [2.24, 2.45) is 5.73 Å². The van der Waals surface area contributed by atoms with E-state index in [0.717, 1.165) is 31.6 Å². The highest BCUT2D eigenvalue weighted by Crippen LogP contribution is 2.19. The van der Waals surface area contributed by atoms with Crippen LogP contribution in [0.5, 0.6) is 0 Å². The van der Waals surface area contributed by atoms with Crippen LogP contribution in [0.25, 0.3) is 0 Å². The summed E-state index contributed by atoms with van der Waals surface area (Å²) in [6.45, 7) is 4.15. The minimum Gasteiger partial charge on any atom is -0.328 e. The Labute approximate surface area is 84.5 Å². The standard InChI is InChI=1S/C10H18N4/c1-7(11)5-10-8-6-14(2)4-3-9(8)12-13-10/h7H,3-6,11H2,1-2H3,(H,12,13). The van der Waals surface area contributed by atoms with Crippen molar-refractivity contribution in [1.82, 2.24) is 15.1 Å². The Hall–Kier alpha value is -0.870. The first-order valence-corrected chi connectivity index (χ1v) is 5.16. The summed E-state index contributed by atoms with van der Waals surface area (Å²) in [5, 5.41) is 7.46. The molecule has 0 radical (unpaired) electrons.